The third-order valence-corrected chi connectivity index (χ3v) is 2.93. The second-order valence-electron chi connectivity index (χ2n) is 3.11. The molecule has 0 aliphatic carbocycles. The largest absolute Gasteiger partial charge is 0.338 e. The maximum absolute atomic E-state index is 13.5. The van der Waals surface area contributed by atoms with Gasteiger partial charge in [0, 0.05) is 11.6 Å². The number of benzene rings is 1. The van der Waals surface area contributed by atoms with Crippen molar-refractivity contribution in [3.05, 3.63) is 35.8 Å². The van der Waals surface area contributed by atoms with Gasteiger partial charge in [-0.25, -0.2) is 13.2 Å². The lowest BCUT2D eigenvalue weighted by molar-refractivity contribution is 0.460. The standard InChI is InChI=1S/C9H3F4NO2S/c10-5-4-2-1-3-14-8(4)7(12)9(6(5)11)17(13,15)16/h1-3H. The topological polar surface area (TPSA) is 47.0 Å². The molecule has 90 valence electrons. The van der Waals surface area contributed by atoms with Gasteiger partial charge in [0.05, 0.1) is 0 Å². The van der Waals surface area contributed by atoms with Crippen LogP contribution in [-0.2, 0) is 10.2 Å². The Morgan fingerprint density at radius 1 is 1.06 bits per heavy atom. The molecule has 0 unspecified atom stereocenters. The summed E-state index contributed by atoms with van der Waals surface area (Å²) < 4.78 is 73.8. The fourth-order valence-corrected chi connectivity index (χ4v) is 2.01. The first kappa shape index (κ1) is 11.8. The number of halogens is 4. The quantitative estimate of drug-likeness (QED) is 0.451. The van der Waals surface area contributed by atoms with Gasteiger partial charge < -0.3 is 0 Å². The average molecular weight is 265 g/mol. The molecule has 0 saturated carbocycles. The molecule has 1 heterocycles. The lowest BCUT2D eigenvalue weighted by Gasteiger charge is -2.05. The maximum Gasteiger partial charge on any atom is 0.338 e. The number of hydrogen-bond acceptors (Lipinski definition) is 3. The normalized spacial score (nSPS) is 12.0. The molecule has 0 saturated heterocycles. The van der Waals surface area contributed by atoms with Crippen molar-refractivity contribution in [2.24, 2.45) is 0 Å². The van der Waals surface area contributed by atoms with Gasteiger partial charge in [-0.1, -0.05) is 0 Å². The molecule has 2 rings (SSSR count). The molecule has 0 aliphatic rings. The van der Waals surface area contributed by atoms with Gasteiger partial charge >= 0.3 is 10.2 Å². The molecule has 3 nitrogen and oxygen atoms in total. The third kappa shape index (κ3) is 1.74. The fourth-order valence-electron chi connectivity index (χ4n) is 1.39. The SMILES string of the molecule is O=S(=O)(F)c1c(F)c(F)c2cccnc2c1F. The molecular weight excluding hydrogens is 262 g/mol. The van der Waals surface area contributed by atoms with Crippen LogP contribution in [0.3, 0.4) is 0 Å². The molecule has 17 heavy (non-hydrogen) atoms. The number of pyridine rings is 1. The monoisotopic (exact) mass is 265 g/mol. The van der Waals surface area contributed by atoms with E-state index in [0.29, 0.717) is 0 Å². The predicted octanol–water partition coefficient (Wildman–Crippen LogP) is 2.31. The summed E-state index contributed by atoms with van der Waals surface area (Å²) in [6, 6.07) is 2.20. The van der Waals surface area contributed by atoms with Crippen molar-refractivity contribution in [2.75, 3.05) is 0 Å². The van der Waals surface area contributed by atoms with Crippen molar-refractivity contribution < 1.29 is 25.5 Å². The van der Waals surface area contributed by atoms with Crippen LogP contribution in [0.25, 0.3) is 10.9 Å². The number of fused-ring (bicyclic) bond motifs is 1. The van der Waals surface area contributed by atoms with E-state index in [1.807, 2.05) is 0 Å². The molecule has 0 bridgehead atoms. The second-order valence-corrected chi connectivity index (χ2v) is 4.39. The van der Waals surface area contributed by atoms with Crippen LogP contribution in [-0.4, -0.2) is 13.4 Å². The first-order chi connectivity index (χ1) is 7.84. The first-order valence-corrected chi connectivity index (χ1v) is 5.58. The zero-order valence-electron chi connectivity index (χ0n) is 7.92. The molecule has 0 fully saturated rings. The lowest BCUT2D eigenvalue weighted by Crippen LogP contribution is -2.05. The zero-order chi connectivity index (χ0) is 12.8. The van der Waals surface area contributed by atoms with Gasteiger partial charge in [-0.15, -0.1) is 3.89 Å². The Morgan fingerprint density at radius 3 is 2.29 bits per heavy atom. The summed E-state index contributed by atoms with van der Waals surface area (Å²) in [5.74, 6) is -5.50. The van der Waals surface area contributed by atoms with E-state index in [2.05, 4.69) is 4.98 Å². The van der Waals surface area contributed by atoms with Crippen LogP contribution in [0.2, 0.25) is 0 Å². The Balaban J connectivity index is 3.08. The van der Waals surface area contributed by atoms with Crippen LogP contribution in [0, 0.1) is 17.5 Å². The molecule has 2 aromatic rings. The first-order valence-electron chi connectivity index (χ1n) is 4.20. The molecular formula is C9H3F4NO2S. The van der Waals surface area contributed by atoms with E-state index in [9.17, 15) is 25.5 Å². The minimum Gasteiger partial charge on any atom is -0.253 e. The molecule has 0 spiro atoms. The van der Waals surface area contributed by atoms with E-state index in [-0.39, 0.29) is 0 Å². The van der Waals surface area contributed by atoms with Gasteiger partial charge in [-0.3, -0.25) is 4.98 Å². The Labute approximate surface area is 92.9 Å². The molecule has 0 atom stereocenters. The summed E-state index contributed by atoms with van der Waals surface area (Å²) in [7, 11) is -5.71. The molecule has 0 radical (unpaired) electrons. The second kappa shape index (κ2) is 3.66. The zero-order valence-corrected chi connectivity index (χ0v) is 8.73. The van der Waals surface area contributed by atoms with Gasteiger partial charge in [0.1, 0.15) is 5.52 Å². The smallest absolute Gasteiger partial charge is 0.253 e. The average Bonchev–Trinajstić information content (AvgIpc) is 2.24. The van der Waals surface area contributed by atoms with Gasteiger partial charge in [0.15, 0.2) is 22.3 Å². The van der Waals surface area contributed by atoms with E-state index >= 15 is 0 Å². The molecule has 1 aromatic carbocycles. The summed E-state index contributed by atoms with van der Waals surface area (Å²) in [6.45, 7) is 0. The molecule has 0 aliphatic heterocycles. The number of aromatic nitrogens is 1. The minimum absolute atomic E-state index is 0.560. The predicted molar refractivity (Wildman–Crippen MR) is 49.9 cm³/mol. The van der Waals surface area contributed by atoms with E-state index in [1.165, 1.54) is 6.07 Å². The highest BCUT2D eigenvalue weighted by molar-refractivity contribution is 7.86. The Kier molecular flexibility index (Phi) is 2.53. The van der Waals surface area contributed by atoms with Crippen LogP contribution in [0.1, 0.15) is 0 Å². The highest BCUT2D eigenvalue weighted by Gasteiger charge is 2.30. The van der Waals surface area contributed by atoms with Crippen LogP contribution in [0.5, 0.6) is 0 Å². The number of rotatable bonds is 1. The van der Waals surface area contributed by atoms with Crippen LogP contribution >= 0.6 is 0 Å². The van der Waals surface area contributed by atoms with E-state index in [1.54, 1.807) is 0 Å². The van der Waals surface area contributed by atoms with Crippen molar-refractivity contribution in [3.8, 4) is 0 Å². The minimum atomic E-state index is -5.71. The van der Waals surface area contributed by atoms with Crippen LogP contribution < -0.4 is 0 Å². The van der Waals surface area contributed by atoms with E-state index < -0.39 is 43.5 Å². The van der Waals surface area contributed by atoms with Crippen molar-refractivity contribution in [1.29, 1.82) is 0 Å². The van der Waals surface area contributed by atoms with Crippen molar-refractivity contribution in [1.82, 2.24) is 4.98 Å². The highest BCUT2D eigenvalue weighted by Crippen LogP contribution is 2.29. The van der Waals surface area contributed by atoms with E-state index in [0.717, 1.165) is 12.3 Å². The number of hydrogen-bond donors (Lipinski definition) is 0. The van der Waals surface area contributed by atoms with Gasteiger partial charge in [0.25, 0.3) is 0 Å². The maximum atomic E-state index is 13.5. The Hall–Kier alpha value is -1.70. The van der Waals surface area contributed by atoms with Gasteiger partial charge in [-0.2, -0.15) is 8.42 Å². The lowest BCUT2D eigenvalue weighted by atomic mass is 10.2. The summed E-state index contributed by atoms with van der Waals surface area (Å²) in [4.78, 5) is 1.39. The molecule has 1 aromatic heterocycles. The van der Waals surface area contributed by atoms with Crippen LogP contribution in [0.4, 0.5) is 17.1 Å². The van der Waals surface area contributed by atoms with Crippen LogP contribution in [0.15, 0.2) is 23.2 Å². The Bertz CT molecular complexity index is 714. The molecule has 0 amide bonds. The van der Waals surface area contributed by atoms with Gasteiger partial charge in [-0.05, 0) is 12.1 Å². The van der Waals surface area contributed by atoms with Crippen molar-refractivity contribution in [3.63, 3.8) is 0 Å². The summed E-state index contributed by atoms with van der Waals surface area (Å²) in [5.41, 5.74) is -0.748. The third-order valence-electron chi connectivity index (χ3n) is 2.09. The number of nitrogens with zero attached hydrogens (tertiary/aromatic N) is 1. The van der Waals surface area contributed by atoms with Crippen molar-refractivity contribution >= 4 is 21.1 Å². The van der Waals surface area contributed by atoms with Crippen molar-refractivity contribution in [2.45, 2.75) is 4.90 Å². The van der Waals surface area contributed by atoms with Gasteiger partial charge in [0.2, 0.25) is 0 Å². The summed E-state index contributed by atoms with van der Waals surface area (Å²) in [5, 5.41) is -0.560. The molecule has 8 heteroatoms. The highest BCUT2D eigenvalue weighted by atomic mass is 32.3. The fraction of sp³-hybridized carbons (Fsp3) is 0. The summed E-state index contributed by atoms with van der Waals surface area (Å²) >= 11 is 0. The summed E-state index contributed by atoms with van der Waals surface area (Å²) in [6.07, 6.45) is 1.04. The molecule has 0 N–H and O–H groups in total. The Morgan fingerprint density at radius 2 is 1.71 bits per heavy atom. The van der Waals surface area contributed by atoms with E-state index in [4.69, 9.17) is 0 Å².